The van der Waals surface area contributed by atoms with Crippen LogP contribution in [-0.2, 0) is 9.53 Å². The van der Waals surface area contributed by atoms with Gasteiger partial charge in [0.05, 0.1) is 18.6 Å². The number of rotatable bonds is 4. The predicted octanol–water partition coefficient (Wildman–Crippen LogP) is 0.958. The molecule has 3 heteroatoms. The van der Waals surface area contributed by atoms with Gasteiger partial charge in [0.25, 0.3) is 0 Å². The molecule has 0 radical (unpaired) electrons. The van der Waals surface area contributed by atoms with Gasteiger partial charge in [0.2, 0.25) is 0 Å². The van der Waals surface area contributed by atoms with E-state index in [0.29, 0.717) is 6.61 Å². The summed E-state index contributed by atoms with van der Waals surface area (Å²) in [5, 5.41) is 8.76. The van der Waals surface area contributed by atoms with Crippen LogP contribution < -0.4 is 0 Å². The quantitative estimate of drug-likeness (QED) is 0.623. The van der Waals surface area contributed by atoms with Crippen molar-refractivity contribution in [1.29, 1.82) is 0 Å². The zero-order valence-electron chi connectivity index (χ0n) is 7.39. The molecular weight excluding hydrogens is 144 g/mol. The Bertz CT molecular complexity index is 129. The molecule has 0 atom stereocenters. The third-order valence-corrected chi connectivity index (χ3v) is 1.39. The van der Waals surface area contributed by atoms with Crippen LogP contribution in [0, 0.1) is 5.41 Å². The number of carbonyl (C=O) groups is 1. The standard InChI is InChI=1S/C8H16O3/c1-4-5-11-7(10)8(2,3)6-9/h9H,4-6H2,1-3H3. The zero-order chi connectivity index (χ0) is 8.91. The Morgan fingerprint density at radius 1 is 1.55 bits per heavy atom. The summed E-state index contributed by atoms with van der Waals surface area (Å²) < 4.78 is 4.85. The monoisotopic (exact) mass is 160 g/mol. The Hall–Kier alpha value is -0.570. The average molecular weight is 160 g/mol. The van der Waals surface area contributed by atoms with Crippen molar-refractivity contribution in [3.63, 3.8) is 0 Å². The average Bonchev–Trinajstić information content (AvgIpc) is 2.00. The molecule has 0 bridgehead atoms. The first-order valence-electron chi connectivity index (χ1n) is 3.82. The van der Waals surface area contributed by atoms with Crippen LogP contribution in [0.15, 0.2) is 0 Å². The van der Waals surface area contributed by atoms with Crippen molar-refractivity contribution in [2.24, 2.45) is 5.41 Å². The lowest BCUT2D eigenvalue weighted by molar-refractivity contribution is -0.156. The van der Waals surface area contributed by atoms with E-state index in [0.717, 1.165) is 6.42 Å². The minimum Gasteiger partial charge on any atom is -0.465 e. The molecule has 0 unspecified atom stereocenters. The summed E-state index contributed by atoms with van der Waals surface area (Å²) in [6, 6.07) is 0. The number of hydrogen-bond acceptors (Lipinski definition) is 3. The van der Waals surface area contributed by atoms with Crippen LogP contribution >= 0.6 is 0 Å². The highest BCUT2D eigenvalue weighted by Crippen LogP contribution is 2.15. The van der Waals surface area contributed by atoms with Gasteiger partial charge >= 0.3 is 5.97 Å². The van der Waals surface area contributed by atoms with Crippen LogP contribution in [0.25, 0.3) is 0 Å². The largest absolute Gasteiger partial charge is 0.465 e. The number of esters is 1. The number of carbonyl (C=O) groups excluding carboxylic acids is 1. The van der Waals surface area contributed by atoms with E-state index >= 15 is 0 Å². The maximum absolute atomic E-state index is 11.1. The maximum Gasteiger partial charge on any atom is 0.313 e. The molecule has 3 nitrogen and oxygen atoms in total. The van der Waals surface area contributed by atoms with Crippen molar-refractivity contribution in [3.05, 3.63) is 0 Å². The molecule has 0 spiro atoms. The Kier molecular flexibility index (Phi) is 4.11. The minimum absolute atomic E-state index is 0.171. The summed E-state index contributed by atoms with van der Waals surface area (Å²) in [5.74, 6) is -0.332. The Balaban J connectivity index is 3.82. The van der Waals surface area contributed by atoms with Crippen molar-refractivity contribution < 1.29 is 14.6 Å². The van der Waals surface area contributed by atoms with Gasteiger partial charge in [0.1, 0.15) is 0 Å². The lowest BCUT2D eigenvalue weighted by atomic mass is 9.95. The first-order valence-corrected chi connectivity index (χ1v) is 3.82. The topological polar surface area (TPSA) is 46.5 Å². The second-order valence-electron chi connectivity index (χ2n) is 3.18. The molecule has 0 amide bonds. The van der Waals surface area contributed by atoms with Gasteiger partial charge in [-0.3, -0.25) is 4.79 Å². The molecule has 0 heterocycles. The lowest BCUT2D eigenvalue weighted by Gasteiger charge is -2.18. The van der Waals surface area contributed by atoms with Gasteiger partial charge in [-0.05, 0) is 20.3 Å². The summed E-state index contributed by atoms with van der Waals surface area (Å²) in [7, 11) is 0. The summed E-state index contributed by atoms with van der Waals surface area (Å²) in [6.45, 7) is 5.51. The Morgan fingerprint density at radius 2 is 2.09 bits per heavy atom. The van der Waals surface area contributed by atoms with Crippen molar-refractivity contribution in [3.8, 4) is 0 Å². The van der Waals surface area contributed by atoms with Gasteiger partial charge in [0, 0.05) is 0 Å². The maximum atomic E-state index is 11.1. The molecular formula is C8H16O3. The van der Waals surface area contributed by atoms with Crippen molar-refractivity contribution >= 4 is 5.97 Å². The Labute approximate surface area is 67.4 Å². The molecule has 0 saturated carbocycles. The van der Waals surface area contributed by atoms with Crippen molar-refractivity contribution in [2.45, 2.75) is 27.2 Å². The molecule has 0 rings (SSSR count). The van der Waals surface area contributed by atoms with Gasteiger partial charge in [-0.1, -0.05) is 6.92 Å². The predicted molar refractivity (Wildman–Crippen MR) is 42.1 cm³/mol. The summed E-state index contributed by atoms with van der Waals surface area (Å²) >= 11 is 0. The first-order chi connectivity index (χ1) is 5.04. The molecule has 11 heavy (non-hydrogen) atoms. The number of aliphatic hydroxyl groups is 1. The van der Waals surface area contributed by atoms with E-state index in [1.165, 1.54) is 0 Å². The molecule has 0 aliphatic carbocycles. The van der Waals surface area contributed by atoms with Gasteiger partial charge in [0.15, 0.2) is 0 Å². The lowest BCUT2D eigenvalue weighted by Crippen LogP contribution is -2.30. The van der Waals surface area contributed by atoms with Gasteiger partial charge in [-0.15, -0.1) is 0 Å². The smallest absolute Gasteiger partial charge is 0.313 e. The highest BCUT2D eigenvalue weighted by molar-refractivity contribution is 5.75. The molecule has 0 aliphatic rings. The second kappa shape index (κ2) is 4.34. The summed E-state index contributed by atoms with van der Waals surface area (Å²) in [4.78, 5) is 11.1. The van der Waals surface area contributed by atoms with E-state index in [1.807, 2.05) is 6.92 Å². The molecule has 0 fully saturated rings. The molecule has 0 saturated heterocycles. The highest BCUT2D eigenvalue weighted by atomic mass is 16.5. The number of ether oxygens (including phenoxy) is 1. The summed E-state index contributed by atoms with van der Waals surface area (Å²) in [5.41, 5.74) is -0.755. The van der Waals surface area contributed by atoms with Gasteiger partial charge in [-0.2, -0.15) is 0 Å². The normalized spacial score (nSPS) is 11.3. The third kappa shape index (κ3) is 3.37. The van der Waals surface area contributed by atoms with E-state index in [4.69, 9.17) is 9.84 Å². The number of aliphatic hydroxyl groups excluding tert-OH is 1. The molecule has 0 aromatic rings. The second-order valence-corrected chi connectivity index (χ2v) is 3.18. The first kappa shape index (κ1) is 10.4. The van der Waals surface area contributed by atoms with E-state index in [2.05, 4.69) is 0 Å². The van der Waals surface area contributed by atoms with Crippen LogP contribution in [0.5, 0.6) is 0 Å². The van der Waals surface area contributed by atoms with E-state index in [9.17, 15) is 4.79 Å². The fourth-order valence-corrected chi connectivity index (χ4v) is 0.455. The molecule has 0 aromatic carbocycles. The van der Waals surface area contributed by atoms with Crippen LogP contribution in [0.4, 0.5) is 0 Å². The van der Waals surface area contributed by atoms with Crippen LogP contribution in [0.1, 0.15) is 27.2 Å². The fourth-order valence-electron chi connectivity index (χ4n) is 0.455. The van der Waals surface area contributed by atoms with E-state index < -0.39 is 5.41 Å². The minimum atomic E-state index is -0.755. The fraction of sp³-hybridized carbons (Fsp3) is 0.875. The molecule has 1 N–H and O–H groups in total. The van der Waals surface area contributed by atoms with Gasteiger partial charge in [-0.25, -0.2) is 0 Å². The van der Waals surface area contributed by atoms with E-state index in [1.54, 1.807) is 13.8 Å². The number of hydrogen-bond donors (Lipinski definition) is 1. The zero-order valence-corrected chi connectivity index (χ0v) is 7.39. The summed E-state index contributed by atoms with van der Waals surface area (Å²) in [6.07, 6.45) is 0.813. The molecule has 0 aromatic heterocycles. The van der Waals surface area contributed by atoms with Crippen molar-refractivity contribution in [2.75, 3.05) is 13.2 Å². The van der Waals surface area contributed by atoms with Crippen LogP contribution in [0.2, 0.25) is 0 Å². The highest BCUT2D eigenvalue weighted by Gasteiger charge is 2.27. The van der Waals surface area contributed by atoms with Crippen molar-refractivity contribution in [1.82, 2.24) is 0 Å². The van der Waals surface area contributed by atoms with Gasteiger partial charge < -0.3 is 9.84 Å². The van der Waals surface area contributed by atoms with E-state index in [-0.39, 0.29) is 12.6 Å². The molecule has 66 valence electrons. The molecule has 0 aliphatic heterocycles. The third-order valence-electron chi connectivity index (χ3n) is 1.39. The van der Waals surface area contributed by atoms with Crippen LogP contribution in [-0.4, -0.2) is 24.3 Å². The van der Waals surface area contributed by atoms with Crippen LogP contribution in [0.3, 0.4) is 0 Å². The SMILES string of the molecule is CCCOC(=O)C(C)(C)CO. The Morgan fingerprint density at radius 3 is 2.45 bits per heavy atom.